The van der Waals surface area contributed by atoms with E-state index in [9.17, 15) is 27.2 Å². The molecule has 5 rings (SSSR count). The van der Waals surface area contributed by atoms with E-state index < -0.39 is 29.5 Å². The summed E-state index contributed by atoms with van der Waals surface area (Å²) in [5, 5.41) is 0.389. The molecule has 44 heavy (non-hydrogen) atoms. The molecule has 2 aromatic heterocycles. The van der Waals surface area contributed by atoms with Gasteiger partial charge < -0.3 is 25.0 Å². The first kappa shape index (κ1) is 31.2. The third-order valence-electron chi connectivity index (χ3n) is 7.30. The molecule has 1 aromatic carbocycles. The summed E-state index contributed by atoms with van der Waals surface area (Å²) in [4.78, 5) is 41.9. The molecule has 4 heterocycles. The van der Waals surface area contributed by atoms with E-state index in [1.165, 1.54) is 17.0 Å². The van der Waals surface area contributed by atoms with Crippen LogP contribution in [0.4, 0.5) is 34.0 Å². The van der Waals surface area contributed by atoms with Gasteiger partial charge in [-0.1, -0.05) is 18.2 Å². The number of hydrogen-bond donors (Lipinski definition) is 1. The number of nitrogens with two attached hydrogens (primary N) is 1. The molecule has 2 saturated heterocycles. The van der Waals surface area contributed by atoms with Crippen LogP contribution in [0.3, 0.4) is 0 Å². The number of carbonyl (C=O) groups excluding carboxylic acids is 2. The molecule has 234 valence electrons. The van der Waals surface area contributed by atoms with Gasteiger partial charge >= 0.3 is 24.2 Å². The van der Waals surface area contributed by atoms with E-state index in [-0.39, 0.29) is 73.3 Å². The Morgan fingerprint density at radius 1 is 1.11 bits per heavy atom. The maximum absolute atomic E-state index is 13.9. The maximum atomic E-state index is 13.9. The molecule has 0 atom stereocenters. The van der Waals surface area contributed by atoms with Crippen molar-refractivity contribution in [3.63, 3.8) is 0 Å². The number of ether oxygens (including phenoxy) is 2. The number of amides is 1. The number of carbonyl (C=O) groups is 2. The molecule has 2 N–H and O–H groups in total. The molecular weight excluding hydrogens is 610 g/mol. The monoisotopic (exact) mass is 637 g/mol. The van der Waals surface area contributed by atoms with Crippen molar-refractivity contribution in [1.29, 1.82) is 0 Å². The Kier molecular flexibility index (Phi) is 9.06. The summed E-state index contributed by atoms with van der Waals surface area (Å²) >= 11 is 6.56. The van der Waals surface area contributed by atoms with Crippen LogP contribution in [-0.4, -0.2) is 95.9 Å². The number of piperazine rings is 1. The van der Waals surface area contributed by atoms with Crippen molar-refractivity contribution in [3.05, 3.63) is 47.5 Å². The lowest BCUT2D eigenvalue weighted by molar-refractivity contribution is -0.137. The summed E-state index contributed by atoms with van der Waals surface area (Å²) in [7, 11) is 0. The molecule has 0 unspecified atom stereocenters. The zero-order chi connectivity index (χ0) is 31.6. The Bertz CT molecular complexity index is 1580. The SMILES string of the molecule is C=CC(=O)OC(=O)N1CCN(c2nc(OCCN3CC(CF)C3)nc3cc(-c4nc(N)ccc4C(F)(F)F)c(Cl)cc23)CC1. The summed E-state index contributed by atoms with van der Waals surface area (Å²) in [6.45, 7) is 5.74. The molecule has 2 aliphatic heterocycles. The Morgan fingerprint density at radius 3 is 2.50 bits per heavy atom. The van der Waals surface area contributed by atoms with Crippen LogP contribution in [0, 0.1) is 5.92 Å². The number of alkyl halides is 4. The molecule has 0 radical (unpaired) electrons. The second-order valence-electron chi connectivity index (χ2n) is 10.3. The van der Waals surface area contributed by atoms with Crippen LogP contribution in [-0.2, 0) is 15.7 Å². The highest BCUT2D eigenvalue weighted by atomic mass is 35.5. The molecule has 0 saturated carbocycles. The van der Waals surface area contributed by atoms with Gasteiger partial charge in [0.2, 0.25) is 0 Å². The normalized spacial score (nSPS) is 16.1. The second-order valence-corrected chi connectivity index (χ2v) is 10.7. The first-order valence-corrected chi connectivity index (χ1v) is 14.0. The summed E-state index contributed by atoms with van der Waals surface area (Å²) in [5.74, 6) is -0.599. The van der Waals surface area contributed by atoms with Crippen LogP contribution in [0.25, 0.3) is 22.2 Å². The van der Waals surface area contributed by atoms with E-state index in [2.05, 4.69) is 21.5 Å². The zero-order valence-corrected chi connectivity index (χ0v) is 24.1. The number of hydrogen-bond acceptors (Lipinski definition) is 10. The lowest BCUT2D eigenvalue weighted by Crippen LogP contribution is -2.49. The zero-order valence-electron chi connectivity index (χ0n) is 23.3. The molecule has 3 aromatic rings. The van der Waals surface area contributed by atoms with Crippen molar-refractivity contribution < 1.29 is 36.6 Å². The van der Waals surface area contributed by atoms with Crippen molar-refractivity contribution in [2.24, 2.45) is 5.92 Å². The molecule has 2 aliphatic rings. The van der Waals surface area contributed by atoms with Crippen LogP contribution in [0.15, 0.2) is 36.9 Å². The van der Waals surface area contributed by atoms with E-state index in [1.54, 1.807) is 0 Å². The standard InChI is InChI=1S/C28H28ClF4N7O4/c1-2-23(41)44-27(42)40-7-5-39(6-8-40)25-18-11-20(29)17(24-19(28(31,32)33)3-4-22(34)36-24)12-21(18)35-26(37-25)43-10-9-38-14-16(13-30)15-38/h2-4,11-12,16H,1,5-10,13-15H2,(H2,34,36). The first-order valence-electron chi connectivity index (χ1n) is 13.6. The first-order chi connectivity index (χ1) is 21.0. The number of nitrogen functional groups attached to an aromatic ring is 1. The number of esters is 1. The minimum Gasteiger partial charge on any atom is -0.462 e. The van der Waals surface area contributed by atoms with E-state index >= 15 is 0 Å². The third kappa shape index (κ3) is 6.78. The highest BCUT2D eigenvalue weighted by molar-refractivity contribution is 6.34. The van der Waals surface area contributed by atoms with Crippen LogP contribution < -0.4 is 15.4 Å². The van der Waals surface area contributed by atoms with Gasteiger partial charge in [0.1, 0.15) is 18.2 Å². The highest BCUT2D eigenvalue weighted by Gasteiger charge is 2.35. The maximum Gasteiger partial charge on any atom is 0.418 e. The molecule has 16 heteroatoms. The van der Waals surface area contributed by atoms with Gasteiger partial charge in [0.25, 0.3) is 0 Å². The number of aromatic nitrogens is 3. The number of benzene rings is 1. The van der Waals surface area contributed by atoms with Gasteiger partial charge in [0.15, 0.2) is 0 Å². The topological polar surface area (TPSA) is 127 Å². The van der Waals surface area contributed by atoms with Crippen LogP contribution in [0.2, 0.25) is 5.02 Å². The minimum atomic E-state index is -4.73. The van der Waals surface area contributed by atoms with E-state index in [1.807, 2.05) is 9.80 Å². The molecule has 1 amide bonds. The van der Waals surface area contributed by atoms with Gasteiger partial charge in [0, 0.05) is 68.8 Å². The number of rotatable bonds is 8. The molecular formula is C28H28ClF4N7O4. The van der Waals surface area contributed by atoms with Crippen LogP contribution >= 0.6 is 11.6 Å². The number of likely N-dealkylation sites (tertiary alicyclic amines) is 1. The Hall–Kier alpha value is -4.24. The number of nitrogens with zero attached hydrogens (tertiary/aromatic N) is 6. The molecule has 0 aliphatic carbocycles. The summed E-state index contributed by atoms with van der Waals surface area (Å²) in [6, 6.07) is 4.70. The third-order valence-corrected chi connectivity index (χ3v) is 7.62. The second kappa shape index (κ2) is 12.8. The fourth-order valence-electron chi connectivity index (χ4n) is 5.02. The van der Waals surface area contributed by atoms with E-state index in [4.69, 9.17) is 26.8 Å². The lowest BCUT2D eigenvalue weighted by atomic mass is 10.0. The van der Waals surface area contributed by atoms with Gasteiger partial charge in [-0.2, -0.15) is 23.1 Å². The summed E-state index contributed by atoms with van der Waals surface area (Å²) in [6.07, 6.45) is -4.65. The number of halogens is 5. The van der Waals surface area contributed by atoms with Crippen LogP contribution in [0.1, 0.15) is 5.56 Å². The predicted molar refractivity (Wildman–Crippen MR) is 154 cm³/mol. The highest BCUT2D eigenvalue weighted by Crippen LogP contribution is 2.41. The lowest BCUT2D eigenvalue weighted by Gasteiger charge is -2.37. The van der Waals surface area contributed by atoms with Crippen LogP contribution in [0.5, 0.6) is 6.01 Å². The Morgan fingerprint density at radius 2 is 1.84 bits per heavy atom. The van der Waals surface area contributed by atoms with Crippen molar-refractivity contribution in [1.82, 2.24) is 24.8 Å². The van der Waals surface area contributed by atoms with Gasteiger partial charge in [0.05, 0.1) is 28.5 Å². The molecule has 0 spiro atoms. The van der Waals surface area contributed by atoms with Gasteiger partial charge in [-0.3, -0.25) is 9.29 Å². The predicted octanol–water partition coefficient (Wildman–Crippen LogP) is 4.20. The summed E-state index contributed by atoms with van der Waals surface area (Å²) < 4.78 is 65.0. The summed E-state index contributed by atoms with van der Waals surface area (Å²) in [5.41, 5.74) is 4.47. The van der Waals surface area contributed by atoms with E-state index in [0.717, 1.165) is 18.2 Å². The quantitative estimate of drug-likeness (QED) is 0.166. The van der Waals surface area contributed by atoms with E-state index in [0.29, 0.717) is 30.8 Å². The average molecular weight is 638 g/mol. The van der Waals surface area contributed by atoms with Crippen molar-refractivity contribution in [2.75, 3.05) is 69.7 Å². The smallest absolute Gasteiger partial charge is 0.418 e. The largest absolute Gasteiger partial charge is 0.462 e. The fraction of sp³-hybridized carbons (Fsp3) is 0.393. The van der Waals surface area contributed by atoms with Gasteiger partial charge in [-0.25, -0.2) is 14.6 Å². The molecule has 0 bridgehead atoms. The fourth-order valence-corrected chi connectivity index (χ4v) is 5.28. The van der Waals surface area contributed by atoms with Crippen molar-refractivity contribution in [3.8, 4) is 17.3 Å². The van der Waals surface area contributed by atoms with Crippen molar-refractivity contribution >= 4 is 46.2 Å². The average Bonchev–Trinajstić information content (AvgIpc) is 2.97. The Labute approximate surface area is 254 Å². The van der Waals surface area contributed by atoms with Gasteiger partial charge in [-0.15, -0.1) is 0 Å². The van der Waals surface area contributed by atoms with Crippen molar-refractivity contribution in [2.45, 2.75) is 6.18 Å². The molecule has 11 nitrogen and oxygen atoms in total. The minimum absolute atomic E-state index is 0.00903. The number of pyridine rings is 1. The number of anilines is 2. The Balaban J connectivity index is 1.48. The van der Waals surface area contributed by atoms with Gasteiger partial charge in [-0.05, 0) is 24.3 Å². The molecule has 2 fully saturated rings. The number of fused-ring (bicyclic) bond motifs is 1.